The largest absolute Gasteiger partial charge is 0.475 e. The molecule has 3 aromatic heterocycles. The predicted octanol–water partition coefficient (Wildman–Crippen LogP) is 3.29. The van der Waals surface area contributed by atoms with Crippen LogP contribution >= 0.6 is 11.3 Å². The van der Waals surface area contributed by atoms with Gasteiger partial charge < -0.3 is 26.2 Å². The Balaban J connectivity index is 1.92. The van der Waals surface area contributed by atoms with Crippen molar-refractivity contribution in [3.05, 3.63) is 35.0 Å². The Labute approximate surface area is 192 Å². The highest BCUT2D eigenvalue weighted by Crippen LogP contribution is 2.31. The van der Waals surface area contributed by atoms with Gasteiger partial charge in [0.2, 0.25) is 11.8 Å². The van der Waals surface area contributed by atoms with E-state index in [2.05, 4.69) is 33.7 Å². The number of anilines is 3. The molecule has 0 atom stereocenters. The van der Waals surface area contributed by atoms with Gasteiger partial charge in [-0.05, 0) is 18.9 Å². The number of ether oxygens (including phenoxy) is 1. The number of unbranched alkanes of at least 4 members (excludes halogenated alkanes) is 1. The third-order valence-electron chi connectivity index (χ3n) is 4.74. The Hall–Kier alpha value is -2.98. The molecule has 9 nitrogen and oxygen atoms in total. The molecule has 172 valence electrons. The van der Waals surface area contributed by atoms with Gasteiger partial charge in [0.1, 0.15) is 23.3 Å². The zero-order valence-corrected chi connectivity index (χ0v) is 19.4. The number of aliphatic hydroxyl groups is 1. The van der Waals surface area contributed by atoms with Gasteiger partial charge in [-0.3, -0.25) is 0 Å². The van der Waals surface area contributed by atoms with Crippen LogP contribution in [-0.4, -0.2) is 44.8 Å². The molecule has 5 N–H and O–H groups in total. The minimum absolute atomic E-state index is 0.0574. The van der Waals surface area contributed by atoms with E-state index >= 15 is 0 Å². The zero-order valence-electron chi connectivity index (χ0n) is 18.6. The summed E-state index contributed by atoms with van der Waals surface area (Å²) >= 11 is 1.68. The number of nitrogen functional groups attached to an aromatic ring is 2. The van der Waals surface area contributed by atoms with Gasteiger partial charge in [-0.1, -0.05) is 26.7 Å². The van der Waals surface area contributed by atoms with Crippen LogP contribution in [0.1, 0.15) is 43.7 Å². The standard InChI is InChI=1S/C22H31N7O2S/c1-3-5-9-29(22-27-18(23)13-19(24)28-22)14-16-17(6-4-2)32-21(26-16)15-7-8-25-20(12-15)31-11-10-30/h7-8,12-13,30H,3-6,9-11,14H2,1-2H3,(H4,23,24,27,28). The summed E-state index contributed by atoms with van der Waals surface area (Å²) in [5.41, 5.74) is 13.8. The van der Waals surface area contributed by atoms with Crippen molar-refractivity contribution in [1.82, 2.24) is 19.9 Å². The molecule has 10 heteroatoms. The van der Waals surface area contributed by atoms with Gasteiger partial charge in [0.05, 0.1) is 18.8 Å². The van der Waals surface area contributed by atoms with Gasteiger partial charge in [-0.15, -0.1) is 11.3 Å². The summed E-state index contributed by atoms with van der Waals surface area (Å²) in [6, 6.07) is 5.33. The lowest BCUT2D eigenvalue weighted by molar-refractivity contribution is 0.197. The number of hydrogen-bond acceptors (Lipinski definition) is 10. The fraction of sp³-hybridized carbons (Fsp3) is 0.455. The molecule has 0 radical (unpaired) electrons. The second-order valence-electron chi connectivity index (χ2n) is 7.39. The number of nitrogens with two attached hydrogens (primary N) is 2. The summed E-state index contributed by atoms with van der Waals surface area (Å²) < 4.78 is 5.46. The third kappa shape index (κ3) is 6.27. The van der Waals surface area contributed by atoms with Crippen molar-refractivity contribution in [2.45, 2.75) is 46.1 Å². The van der Waals surface area contributed by atoms with E-state index in [1.165, 1.54) is 4.88 Å². The highest BCUT2D eigenvalue weighted by Gasteiger charge is 2.18. The van der Waals surface area contributed by atoms with Crippen LogP contribution in [0.5, 0.6) is 5.88 Å². The number of aryl methyl sites for hydroxylation is 1. The van der Waals surface area contributed by atoms with Gasteiger partial charge in [0.25, 0.3) is 0 Å². The smallest absolute Gasteiger partial charge is 0.229 e. The van der Waals surface area contributed by atoms with Crippen molar-refractivity contribution < 1.29 is 9.84 Å². The molecule has 0 spiro atoms. The van der Waals surface area contributed by atoms with E-state index in [4.69, 9.17) is 26.3 Å². The van der Waals surface area contributed by atoms with Gasteiger partial charge in [-0.2, -0.15) is 9.97 Å². The number of rotatable bonds is 12. The molecule has 0 saturated carbocycles. The zero-order chi connectivity index (χ0) is 22.9. The molecule has 0 unspecified atom stereocenters. The van der Waals surface area contributed by atoms with Gasteiger partial charge in [0, 0.05) is 35.3 Å². The molecule has 0 saturated heterocycles. The maximum atomic E-state index is 8.99. The number of pyridine rings is 1. The maximum absolute atomic E-state index is 8.99. The molecule has 0 aliphatic rings. The number of hydrogen-bond donors (Lipinski definition) is 3. The van der Waals surface area contributed by atoms with E-state index in [9.17, 15) is 0 Å². The first-order valence-electron chi connectivity index (χ1n) is 10.9. The lowest BCUT2D eigenvalue weighted by Gasteiger charge is -2.22. The Morgan fingerprint density at radius 1 is 1.09 bits per heavy atom. The average Bonchev–Trinajstić information content (AvgIpc) is 3.17. The molecule has 0 bridgehead atoms. The minimum atomic E-state index is -0.0574. The Morgan fingerprint density at radius 3 is 2.56 bits per heavy atom. The van der Waals surface area contributed by atoms with Crippen LogP contribution in [0.3, 0.4) is 0 Å². The van der Waals surface area contributed by atoms with E-state index in [-0.39, 0.29) is 13.2 Å². The molecular weight excluding hydrogens is 426 g/mol. The topological polar surface area (TPSA) is 136 Å². The summed E-state index contributed by atoms with van der Waals surface area (Å²) in [4.78, 5) is 21.3. The molecular formula is C22H31N7O2S. The van der Waals surface area contributed by atoms with E-state index in [1.54, 1.807) is 23.6 Å². The van der Waals surface area contributed by atoms with Crippen molar-refractivity contribution in [1.29, 1.82) is 0 Å². The van der Waals surface area contributed by atoms with Crippen LogP contribution in [0.25, 0.3) is 10.6 Å². The van der Waals surface area contributed by atoms with Crippen molar-refractivity contribution in [2.24, 2.45) is 0 Å². The molecule has 0 aromatic carbocycles. The fourth-order valence-corrected chi connectivity index (χ4v) is 4.39. The molecule has 0 fully saturated rings. The molecule has 0 aliphatic carbocycles. The fourth-order valence-electron chi connectivity index (χ4n) is 3.22. The number of aliphatic hydroxyl groups excluding tert-OH is 1. The van der Waals surface area contributed by atoms with Gasteiger partial charge in [0.15, 0.2) is 0 Å². The normalized spacial score (nSPS) is 11.0. The molecule has 3 heterocycles. The van der Waals surface area contributed by atoms with Crippen LogP contribution in [0.4, 0.5) is 17.6 Å². The Morgan fingerprint density at radius 2 is 1.88 bits per heavy atom. The van der Waals surface area contributed by atoms with Crippen molar-refractivity contribution >= 4 is 28.9 Å². The quantitative estimate of drug-likeness (QED) is 0.374. The lowest BCUT2D eigenvalue weighted by Crippen LogP contribution is -2.27. The van der Waals surface area contributed by atoms with E-state index in [0.29, 0.717) is 30.0 Å². The van der Waals surface area contributed by atoms with E-state index in [1.807, 2.05) is 12.1 Å². The molecule has 3 rings (SSSR count). The minimum Gasteiger partial charge on any atom is -0.475 e. The van der Waals surface area contributed by atoms with Crippen LogP contribution in [0.2, 0.25) is 0 Å². The average molecular weight is 458 g/mol. The summed E-state index contributed by atoms with van der Waals surface area (Å²) in [5.74, 6) is 1.71. The Bertz CT molecular complexity index is 991. The SMILES string of the molecule is CCCCN(Cc1nc(-c2ccnc(OCCO)c2)sc1CCC)c1nc(N)cc(N)n1. The molecule has 32 heavy (non-hydrogen) atoms. The van der Waals surface area contributed by atoms with Crippen LogP contribution < -0.4 is 21.1 Å². The van der Waals surface area contributed by atoms with E-state index in [0.717, 1.165) is 48.5 Å². The monoisotopic (exact) mass is 457 g/mol. The first kappa shape index (κ1) is 23.7. The van der Waals surface area contributed by atoms with Gasteiger partial charge in [-0.25, -0.2) is 9.97 Å². The highest BCUT2D eigenvalue weighted by molar-refractivity contribution is 7.15. The number of nitrogens with zero attached hydrogens (tertiary/aromatic N) is 5. The summed E-state index contributed by atoms with van der Waals surface area (Å²) in [6.45, 7) is 5.82. The number of aromatic nitrogens is 4. The second kappa shape index (κ2) is 11.6. The molecule has 3 aromatic rings. The second-order valence-corrected chi connectivity index (χ2v) is 8.47. The maximum Gasteiger partial charge on any atom is 0.229 e. The summed E-state index contributed by atoms with van der Waals surface area (Å²) in [5, 5.41) is 9.90. The molecule has 0 aliphatic heterocycles. The Kier molecular flexibility index (Phi) is 8.57. The summed E-state index contributed by atoms with van der Waals surface area (Å²) in [6.07, 6.45) is 5.69. The summed E-state index contributed by atoms with van der Waals surface area (Å²) in [7, 11) is 0. The lowest BCUT2D eigenvalue weighted by atomic mass is 10.2. The first-order valence-corrected chi connectivity index (χ1v) is 11.7. The van der Waals surface area contributed by atoms with Crippen LogP contribution in [-0.2, 0) is 13.0 Å². The number of thiazole rings is 1. The first-order chi connectivity index (χ1) is 15.5. The predicted molar refractivity (Wildman–Crippen MR) is 129 cm³/mol. The van der Waals surface area contributed by atoms with Gasteiger partial charge >= 0.3 is 0 Å². The van der Waals surface area contributed by atoms with Crippen molar-refractivity contribution in [3.8, 4) is 16.5 Å². The van der Waals surface area contributed by atoms with Crippen molar-refractivity contribution in [2.75, 3.05) is 36.1 Å². The van der Waals surface area contributed by atoms with Crippen LogP contribution in [0.15, 0.2) is 24.4 Å². The van der Waals surface area contributed by atoms with E-state index < -0.39 is 0 Å². The molecule has 0 amide bonds. The highest BCUT2D eigenvalue weighted by atomic mass is 32.1. The van der Waals surface area contributed by atoms with Crippen molar-refractivity contribution in [3.63, 3.8) is 0 Å². The third-order valence-corrected chi connectivity index (χ3v) is 5.94. The van der Waals surface area contributed by atoms with Crippen LogP contribution in [0, 0.1) is 0 Å².